The standard InChI is InChI=1S/C21H24O2/c1-20-9-8-17-16-5-4-15(23-2)11-13(16)3-6-18(17)21(20)10-7-14(12-21)19(20)22/h4-5,7,10-11,14,17-18H,3,6,8-9,12H2,1-2H3/t14-,17+,18+,20+,21+/m0/s1. The number of methoxy groups -OCH3 is 1. The molecule has 4 aliphatic rings. The van der Waals surface area contributed by atoms with Gasteiger partial charge in [0.25, 0.3) is 0 Å². The van der Waals surface area contributed by atoms with Crippen LogP contribution in [0.2, 0.25) is 0 Å². The fraction of sp³-hybridized carbons (Fsp3) is 0.571. The largest absolute Gasteiger partial charge is 0.497 e. The number of Topliss-reactive ketones (excluding diaryl/α,β-unsaturated/α-hetero) is 1. The van der Waals surface area contributed by atoms with Gasteiger partial charge in [0.15, 0.2) is 0 Å². The van der Waals surface area contributed by atoms with E-state index in [1.54, 1.807) is 7.11 Å². The number of benzene rings is 1. The minimum absolute atomic E-state index is 0.0996. The van der Waals surface area contributed by atoms with Gasteiger partial charge in [0.05, 0.1) is 7.11 Å². The van der Waals surface area contributed by atoms with Gasteiger partial charge in [-0.25, -0.2) is 0 Å². The summed E-state index contributed by atoms with van der Waals surface area (Å²) in [5, 5.41) is 0. The van der Waals surface area contributed by atoms with E-state index in [0.717, 1.165) is 31.4 Å². The number of carbonyl (C=O) groups excluding carboxylic acids is 1. The number of carbonyl (C=O) groups is 1. The first-order valence-electron chi connectivity index (χ1n) is 8.99. The minimum atomic E-state index is -0.0996. The van der Waals surface area contributed by atoms with Crippen LogP contribution in [-0.4, -0.2) is 12.9 Å². The van der Waals surface area contributed by atoms with E-state index in [1.165, 1.54) is 17.5 Å². The molecule has 5 atom stereocenters. The predicted molar refractivity (Wildman–Crippen MR) is 89.6 cm³/mol. The number of fused-ring (bicyclic) bond motifs is 4. The predicted octanol–water partition coefficient (Wildman–Crippen LogP) is 4.29. The highest BCUT2D eigenvalue weighted by Gasteiger charge is 2.67. The Balaban J connectivity index is 1.61. The van der Waals surface area contributed by atoms with Gasteiger partial charge >= 0.3 is 0 Å². The van der Waals surface area contributed by atoms with E-state index in [9.17, 15) is 4.79 Å². The van der Waals surface area contributed by atoms with Crippen molar-refractivity contribution >= 4 is 5.78 Å². The Morgan fingerprint density at radius 1 is 1.26 bits per heavy atom. The van der Waals surface area contributed by atoms with Crippen LogP contribution in [0.15, 0.2) is 30.4 Å². The van der Waals surface area contributed by atoms with E-state index in [-0.39, 0.29) is 16.7 Å². The molecule has 0 heterocycles. The molecule has 1 aromatic rings. The Bertz CT molecular complexity index is 733. The lowest BCUT2D eigenvalue weighted by Crippen LogP contribution is -2.51. The fourth-order valence-electron chi connectivity index (χ4n) is 6.49. The third-order valence-corrected chi connectivity index (χ3v) is 7.67. The number of hydrogen-bond acceptors (Lipinski definition) is 2. The van der Waals surface area contributed by atoms with E-state index >= 15 is 0 Å². The number of rotatable bonds is 1. The molecular weight excluding hydrogens is 284 g/mol. The highest BCUT2D eigenvalue weighted by Crippen LogP contribution is 2.71. The lowest BCUT2D eigenvalue weighted by Gasteiger charge is -2.55. The summed E-state index contributed by atoms with van der Waals surface area (Å²) in [6.45, 7) is 2.26. The second kappa shape index (κ2) is 4.28. The molecule has 120 valence electrons. The lowest BCUT2D eigenvalue weighted by atomic mass is 9.47. The van der Waals surface area contributed by atoms with Crippen LogP contribution in [0, 0.1) is 22.7 Å². The molecule has 1 aromatic carbocycles. The van der Waals surface area contributed by atoms with Crippen molar-refractivity contribution in [2.75, 3.05) is 7.11 Å². The zero-order valence-electron chi connectivity index (χ0n) is 14.0. The van der Waals surface area contributed by atoms with Gasteiger partial charge in [-0.3, -0.25) is 4.79 Å². The summed E-state index contributed by atoms with van der Waals surface area (Å²) in [5.74, 6) is 2.95. The van der Waals surface area contributed by atoms with Crippen LogP contribution < -0.4 is 4.74 Å². The van der Waals surface area contributed by atoms with Crippen LogP contribution >= 0.6 is 0 Å². The minimum Gasteiger partial charge on any atom is -0.497 e. The first-order chi connectivity index (χ1) is 11.1. The van der Waals surface area contributed by atoms with Crippen molar-refractivity contribution in [3.8, 4) is 5.75 Å². The maximum absolute atomic E-state index is 12.9. The zero-order chi connectivity index (χ0) is 15.8. The van der Waals surface area contributed by atoms with Crippen molar-refractivity contribution in [2.45, 2.75) is 44.9 Å². The quantitative estimate of drug-likeness (QED) is 0.724. The van der Waals surface area contributed by atoms with Crippen molar-refractivity contribution in [3.05, 3.63) is 41.5 Å². The topological polar surface area (TPSA) is 26.3 Å². The monoisotopic (exact) mass is 308 g/mol. The zero-order valence-corrected chi connectivity index (χ0v) is 14.0. The molecule has 0 unspecified atom stereocenters. The van der Waals surface area contributed by atoms with Gasteiger partial charge in [-0.2, -0.15) is 0 Å². The Labute approximate surface area is 137 Å². The molecule has 23 heavy (non-hydrogen) atoms. The van der Waals surface area contributed by atoms with Gasteiger partial charge in [0.1, 0.15) is 11.5 Å². The van der Waals surface area contributed by atoms with Gasteiger partial charge in [-0.15, -0.1) is 0 Å². The molecule has 2 fully saturated rings. The van der Waals surface area contributed by atoms with Crippen LogP contribution in [0.25, 0.3) is 0 Å². The van der Waals surface area contributed by atoms with Crippen LogP contribution in [0.3, 0.4) is 0 Å². The van der Waals surface area contributed by atoms with E-state index in [1.807, 2.05) is 0 Å². The van der Waals surface area contributed by atoms with Gasteiger partial charge in [-0.1, -0.05) is 25.1 Å². The van der Waals surface area contributed by atoms with Crippen molar-refractivity contribution in [2.24, 2.45) is 22.7 Å². The molecule has 0 amide bonds. The number of ketones is 1. The van der Waals surface area contributed by atoms with E-state index in [0.29, 0.717) is 17.6 Å². The van der Waals surface area contributed by atoms with Crippen LogP contribution in [0.1, 0.15) is 49.7 Å². The van der Waals surface area contributed by atoms with Gasteiger partial charge in [0, 0.05) is 16.7 Å². The van der Waals surface area contributed by atoms with E-state index in [2.05, 4.69) is 37.3 Å². The Hall–Kier alpha value is -1.57. The molecule has 0 N–H and O–H groups in total. The number of allylic oxidation sites excluding steroid dienone is 2. The summed E-state index contributed by atoms with van der Waals surface area (Å²) in [5.41, 5.74) is 3.02. The molecule has 2 nitrogen and oxygen atoms in total. The molecule has 0 aromatic heterocycles. The molecule has 2 bridgehead atoms. The maximum atomic E-state index is 12.9. The fourth-order valence-corrected chi connectivity index (χ4v) is 6.49. The summed E-state index contributed by atoms with van der Waals surface area (Å²) in [6.07, 6.45) is 10.3. The van der Waals surface area contributed by atoms with Crippen molar-refractivity contribution in [3.63, 3.8) is 0 Å². The number of hydrogen-bond donors (Lipinski definition) is 0. The average Bonchev–Trinajstić information content (AvgIpc) is 3.11. The van der Waals surface area contributed by atoms with E-state index < -0.39 is 0 Å². The third kappa shape index (κ3) is 1.48. The molecule has 0 radical (unpaired) electrons. The smallest absolute Gasteiger partial charge is 0.146 e. The van der Waals surface area contributed by atoms with E-state index in [4.69, 9.17) is 4.74 Å². The number of ether oxygens (including phenoxy) is 1. The molecule has 0 saturated heterocycles. The molecule has 0 aliphatic heterocycles. The molecular formula is C21H24O2. The highest BCUT2D eigenvalue weighted by molar-refractivity contribution is 5.94. The van der Waals surface area contributed by atoms with Crippen LogP contribution in [0.5, 0.6) is 5.75 Å². The normalized spacial score (nSPS) is 43.0. The van der Waals surface area contributed by atoms with Gasteiger partial charge in [-0.05, 0) is 67.2 Å². The van der Waals surface area contributed by atoms with Crippen LogP contribution in [0.4, 0.5) is 0 Å². The Morgan fingerprint density at radius 3 is 2.96 bits per heavy atom. The molecule has 4 aliphatic carbocycles. The lowest BCUT2D eigenvalue weighted by molar-refractivity contribution is -0.135. The summed E-state index contributed by atoms with van der Waals surface area (Å²) >= 11 is 0. The molecule has 5 rings (SSSR count). The van der Waals surface area contributed by atoms with Gasteiger partial charge in [0.2, 0.25) is 0 Å². The Kier molecular flexibility index (Phi) is 2.58. The number of aryl methyl sites for hydroxylation is 1. The molecule has 2 heteroatoms. The first kappa shape index (κ1) is 13.8. The van der Waals surface area contributed by atoms with Crippen molar-refractivity contribution in [1.82, 2.24) is 0 Å². The summed E-state index contributed by atoms with van der Waals surface area (Å²) in [7, 11) is 1.74. The van der Waals surface area contributed by atoms with Crippen LogP contribution in [-0.2, 0) is 11.2 Å². The third-order valence-electron chi connectivity index (χ3n) is 7.67. The maximum Gasteiger partial charge on any atom is 0.146 e. The Morgan fingerprint density at radius 2 is 2.13 bits per heavy atom. The summed E-state index contributed by atoms with van der Waals surface area (Å²) in [6, 6.07) is 6.63. The van der Waals surface area contributed by atoms with Gasteiger partial charge < -0.3 is 4.74 Å². The summed E-state index contributed by atoms with van der Waals surface area (Å²) < 4.78 is 5.41. The summed E-state index contributed by atoms with van der Waals surface area (Å²) in [4.78, 5) is 12.9. The molecule has 2 saturated carbocycles. The second-order valence-electron chi connectivity index (χ2n) is 8.26. The average molecular weight is 308 g/mol. The SMILES string of the molecule is COc1ccc2c(c1)CC[C@@H]1[C@@H]2CC[C@]2(C)C(=O)[C@H]3C=C[C@@]12C3. The second-order valence-corrected chi connectivity index (χ2v) is 8.26. The van der Waals surface area contributed by atoms with Crippen molar-refractivity contribution in [1.29, 1.82) is 0 Å². The first-order valence-corrected chi connectivity index (χ1v) is 8.99. The van der Waals surface area contributed by atoms with Crippen molar-refractivity contribution < 1.29 is 9.53 Å². The highest BCUT2D eigenvalue weighted by atomic mass is 16.5. The molecule has 1 spiro atoms.